The van der Waals surface area contributed by atoms with E-state index in [0.29, 0.717) is 0 Å². The smallest absolute Gasteiger partial charge is 0.00111 e. The van der Waals surface area contributed by atoms with E-state index in [1.54, 1.807) is 0 Å². The largest absolute Gasteiger partial charge is 0.0572 e. The number of hydrogen-bond acceptors (Lipinski definition) is 0. The molecule has 0 saturated heterocycles. The minimum absolute atomic E-state index is 0.0951. The molecule has 0 aromatic heterocycles. The van der Waals surface area contributed by atoms with Crippen LogP contribution in [0, 0.1) is 0 Å². The Morgan fingerprint density at radius 3 is 1.37 bits per heavy atom. The van der Waals surface area contributed by atoms with Crippen molar-refractivity contribution in [2.45, 2.75) is 78.6 Å². The van der Waals surface area contributed by atoms with Crippen LogP contribution in [-0.4, -0.2) is 0 Å². The third-order valence-electron chi connectivity index (χ3n) is 6.94. The van der Waals surface area contributed by atoms with E-state index in [1.165, 1.54) is 60.1 Å². The van der Waals surface area contributed by atoms with Gasteiger partial charge in [0.05, 0.1) is 0 Å². The zero-order valence-corrected chi connectivity index (χ0v) is 20.0. The SMILES string of the molecule is CC(C)(C)c1ccc2ccc3c(C(C)(C)C)cc4ccc(C(C)(C)C)c5c4c3c2c1-5. The van der Waals surface area contributed by atoms with Gasteiger partial charge in [-0.15, -0.1) is 0 Å². The van der Waals surface area contributed by atoms with Crippen LogP contribution in [0.4, 0.5) is 0 Å². The maximum Gasteiger partial charge on any atom is -0.00111 e. The van der Waals surface area contributed by atoms with Crippen molar-refractivity contribution >= 4 is 32.3 Å². The van der Waals surface area contributed by atoms with Crippen LogP contribution < -0.4 is 0 Å². The Morgan fingerprint density at radius 2 is 0.867 bits per heavy atom. The summed E-state index contributed by atoms with van der Waals surface area (Å²) in [6, 6.07) is 16.7. The normalized spacial score (nSPS) is 14.2. The summed E-state index contributed by atoms with van der Waals surface area (Å²) in [5.41, 5.74) is 7.66. The molecule has 30 heavy (non-hydrogen) atoms. The number of hydrogen-bond donors (Lipinski definition) is 0. The second kappa shape index (κ2) is 5.67. The Labute approximate surface area is 181 Å². The fraction of sp³-hybridized carbons (Fsp3) is 0.400. The second-order valence-corrected chi connectivity index (χ2v) is 12.3. The van der Waals surface area contributed by atoms with Gasteiger partial charge in [-0.3, -0.25) is 0 Å². The van der Waals surface area contributed by atoms with E-state index in [2.05, 4.69) is 105 Å². The molecule has 0 bridgehead atoms. The Hall–Kier alpha value is -2.34. The summed E-state index contributed by atoms with van der Waals surface area (Å²) in [6.07, 6.45) is 0. The third-order valence-corrected chi connectivity index (χ3v) is 6.94. The molecule has 4 aromatic rings. The van der Waals surface area contributed by atoms with Gasteiger partial charge in [-0.25, -0.2) is 0 Å². The number of rotatable bonds is 0. The number of fused-ring (bicyclic) bond motifs is 1. The van der Waals surface area contributed by atoms with Gasteiger partial charge < -0.3 is 0 Å². The molecule has 0 saturated carbocycles. The van der Waals surface area contributed by atoms with E-state index in [4.69, 9.17) is 0 Å². The Balaban J connectivity index is 2.14. The summed E-state index contributed by atoms with van der Waals surface area (Å²) in [5, 5.41) is 8.62. The summed E-state index contributed by atoms with van der Waals surface area (Å²) in [6.45, 7) is 21.1. The molecule has 0 amide bonds. The summed E-state index contributed by atoms with van der Waals surface area (Å²) in [5.74, 6) is 0. The van der Waals surface area contributed by atoms with Gasteiger partial charge in [0.2, 0.25) is 0 Å². The maximum atomic E-state index is 2.46. The predicted molar refractivity (Wildman–Crippen MR) is 134 cm³/mol. The standard InChI is InChI=1S/C30H34/c1-28(2,3)20-14-11-17-10-13-19-22(30(7,8)9)16-18-12-15-21(29(4,5)6)27-24(18)25(19)23(17)26(20)27/h10-16H,1-9H3. The lowest BCUT2D eigenvalue weighted by atomic mass is 9.76. The molecule has 0 aliphatic heterocycles. The highest BCUT2D eigenvalue weighted by Crippen LogP contribution is 2.55. The molecule has 1 aliphatic carbocycles. The molecule has 0 fully saturated rings. The highest BCUT2D eigenvalue weighted by Gasteiger charge is 2.33. The van der Waals surface area contributed by atoms with Crippen LogP contribution in [0.2, 0.25) is 0 Å². The molecular formula is C30H34. The molecular weight excluding hydrogens is 360 g/mol. The molecule has 0 unspecified atom stereocenters. The van der Waals surface area contributed by atoms with Crippen molar-refractivity contribution in [3.05, 3.63) is 59.2 Å². The van der Waals surface area contributed by atoms with Gasteiger partial charge in [-0.05, 0) is 82.4 Å². The van der Waals surface area contributed by atoms with Gasteiger partial charge in [0.1, 0.15) is 0 Å². The van der Waals surface area contributed by atoms with Crippen LogP contribution in [0.25, 0.3) is 43.4 Å². The van der Waals surface area contributed by atoms with E-state index in [-0.39, 0.29) is 16.2 Å². The van der Waals surface area contributed by atoms with Crippen molar-refractivity contribution < 1.29 is 0 Å². The zero-order valence-electron chi connectivity index (χ0n) is 20.0. The van der Waals surface area contributed by atoms with E-state index >= 15 is 0 Å². The Bertz CT molecular complexity index is 1320. The van der Waals surface area contributed by atoms with Gasteiger partial charge in [0, 0.05) is 0 Å². The van der Waals surface area contributed by atoms with Crippen LogP contribution in [0.3, 0.4) is 0 Å². The fourth-order valence-corrected chi connectivity index (χ4v) is 5.53. The molecule has 5 rings (SSSR count). The van der Waals surface area contributed by atoms with Gasteiger partial charge in [-0.1, -0.05) is 98.7 Å². The van der Waals surface area contributed by atoms with Crippen molar-refractivity contribution in [3.8, 4) is 11.1 Å². The molecule has 0 spiro atoms. The molecule has 0 nitrogen and oxygen atoms in total. The van der Waals surface area contributed by atoms with E-state index in [1.807, 2.05) is 0 Å². The first-order valence-corrected chi connectivity index (χ1v) is 11.3. The number of benzene rings is 4. The lowest BCUT2D eigenvalue weighted by Gasteiger charge is -2.28. The minimum atomic E-state index is 0.0951. The van der Waals surface area contributed by atoms with Crippen molar-refractivity contribution in [1.82, 2.24) is 0 Å². The third kappa shape index (κ3) is 2.52. The average molecular weight is 395 g/mol. The molecule has 0 heteroatoms. The lowest BCUT2D eigenvalue weighted by Crippen LogP contribution is -2.16. The van der Waals surface area contributed by atoms with Crippen molar-refractivity contribution in [2.24, 2.45) is 0 Å². The van der Waals surface area contributed by atoms with Crippen LogP contribution in [-0.2, 0) is 16.2 Å². The lowest BCUT2D eigenvalue weighted by molar-refractivity contribution is 0.586. The van der Waals surface area contributed by atoms with Crippen molar-refractivity contribution in [3.63, 3.8) is 0 Å². The van der Waals surface area contributed by atoms with Crippen LogP contribution in [0.1, 0.15) is 79.0 Å². The summed E-state index contributed by atoms with van der Waals surface area (Å²) in [4.78, 5) is 0. The van der Waals surface area contributed by atoms with E-state index in [9.17, 15) is 0 Å². The summed E-state index contributed by atoms with van der Waals surface area (Å²) < 4.78 is 0. The van der Waals surface area contributed by atoms with Crippen molar-refractivity contribution in [1.29, 1.82) is 0 Å². The Morgan fingerprint density at radius 1 is 0.433 bits per heavy atom. The minimum Gasteiger partial charge on any atom is -0.0572 e. The molecule has 0 N–H and O–H groups in total. The van der Waals surface area contributed by atoms with Gasteiger partial charge in [0.15, 0.2) is 0 Å². The molecule has 1 aliphatic rings. The summed E-state index contributed by atoms with van der Waals surface area (Å²) in [7, 11) is 0. The fourth-order valence-electron chi connectivity index (χ4n) is 5.53. The van der Waals surface area contributed by atoms with Gasteiger partial charge in [-0.2, -0.15) is 0 Å². The summed E-state index contributed by atoms with van der Waals surface area (Å²) >= 11 is 0. The molecule has 0 heterocycles. The Kier molecular flexibility index (Phi) is 3.70. The molecule has 0 radical (unpaired) electrons. The van der Waals surface area contributed by atoms with Crippen LogP contribution in [0.5, 0.6) is 0 Å². The average Bonchev–Trinajstić information content (AvgIpc) is 2.97. The molecule has 0 atom stereocenters. The maximum absolute atomic E-state index is 2.46. The highest BCUT2D eigenvalue weighted by molar-refractivity contribution is 6.34. The quantitative estimate of drug-likeness (QED) is 0.230. The van der Waals surface area contributed by atoms with Crippen molar-refractivity contribution in [2.75, 3.05) is 0 Å². The molecule has 4 aromatic carbocycles. The van der Waals surface area contributed by atoms with Crippen LogP contribution >= 0.6 is 0 Å². The van der Waals surface area contributed by atoms with E-state index < -0.39 is 0 Å². The topological polar surface area (TPSA) is 0 Å². The first-order chi connectivity index (χ1) is 13.8. The van der Waals surface area contributed by atoms with Gasteiger partial charge in [0.25, 0.3) is 0 Å². The highest BCUT2D eigenvalue weighted by atomic mass is 14.4. The van der Waals surface area contributed by atoms with Crippen LogP contribution in [0.15, 0.2) is 42.5 Å². The monoisotopic (exact) mass is 394 g/mol. The zero-order chi connectivity index (χ0) is 21.8. The molecule has 154 valence electrons. The van der Waals surface area contributed by atoms with E-state index in [0.717, 1.165) is 0 Å². The predicted octanol–water partition coefficient (Wildman–Crippen LogP) is 9.02. The first kappa shape index (κ1) is 19.6. The van der Waals surface area contributed by atoms with Gasteiger partial charge >= 0.3 is 0 Å². The second-order valence-electron chi connectivity index (χ2n) is 12.3. The first-order valence-electron chi connectivity index (χ1n) is 11.3.